The fraction of sp³-hybridized carbons (Fsp3) is 0.652. The van der Waals surface area contributed by atoms with Crippen molar-refractivity contribution in [3.8, 4) is 11.8 Å². The van der Waals surface area contributed by atoms with Gasteiger partial charge in [0.2, 0.25) is 10.0 Å². The molecule has 0 radical (unpaired) electrons. The predicted molar refractivity (Wildman–Crippen MR) is 126 cm³/mol. The molecule has 3 atom stereocenters. The van der Waals surface area contributed by atoms with Gasteiger partial charge in [-0.15, -0.1) is 0 Å². The second-order valence-corrected chi connectivity index (χ2v) is 11.6. The first kappa shape index (κ1) is 25.3. The Hall–Kier alpha value is -2.35. The minimum atomic E-state index is -3.40. The first-order valence-corrected chi connectivity index (χ1v) is 13.2. The van der Waals surface area contributed by atoms with Gasteiger partial charge < -0.3 is 19.9 Å². The van der Waals surface area contributed by atoms with E-state index in [1.54, 1.807) is 31.3 Å². The summed E-state index contributed by atoms with van der Waals surface area (Å²) >= 11 is 0. The van der Waals surface area contributed by atoms with Crippen molar-refractivity contribution >= 4 is 16.1 Å². The molecule has 3 rings (SSSR count). The summed E-state index contributed by atoms with van der Waals surface area (Å²) < 4.78 is 31.8. The molecule has 33 heavy (non-hydrogen) atoms. The largest absolute Gasteiger partial charge is 0.492 e. The summed E-state index contributed by atoms with van der Waals surface area (Å²) in [6.07, 6.45) is 2.30. The van der Waals surface area contributed by atoms with Gasteiger partial charge in [-0.05, 0) is 56.4 Å². The number of rotatable bonds is 8. The molecule has 1 aromatic rings. The zero-order chi connectivity index (χ0) is 24.2. The molecule has 0 spiro atoms. The molecule has 2 heterocycles. The normalized spacial score (nSPS) is 22.2. The lowest BCUT2D eigenvalue weighted by atomic mass is 9.84. The summed E-state index contributed by atoms with van der Waals surface area (Å²) in [7, 11) is -1.81. The first-order valence-electron chi connectivity index (χ1n) is 11.4. The van der Waals surface area contributed by atoms with Crippen molar-refractivity contribution in [3.63, 3.8) is 0 Å². The molecule has 0 aliphatic carbocycles. The molecular weight excluding hydrogens is 442 g/mol. The number of hydrogen-bond acceptors (Lipinski definition) is 6. The lowest BCUT2D eigenvalue weighted by Gasteiger charge is -2.47. The summed E-state index contributed by atoms with van der Waals surface area (Å²) in [5.41, 5.74) is 0.545. The van der Waals surface area contributed by atoms with E-state index in [2.05, 4.69) is 16.3 Å². The number of likely N-dealkylation sites (tertiary alicyclic amines) is 2. The van der Waals surface area contributed by atoms with Gasteiger partial charge in [-0.3, -0.25) is 0 Å². The van der Waals surface area contributed by atoms with E-state index in [9.17, 15) is 13.2 Å². The lowest BCUT2D eigenvalue weighted by molar-refractivity contribution is 0.0333. The van der Waals surface area contributed by atoms with E-state index in [-0.39, 0.29) is 24.7 Å². The summed E-state index contributed by atoms with van der Waals surface area (Å²) in [6, 6.07) is 8.63. The van der Waals surface area contributed by atoms with Crippen LogP contribution in [0, 0.1) is 23.2 Å². The van der Waals surface area contributed by atoms with Crippen LogP contribution in [-0.4, -0.2) is 93.3 Å². The van der Waals surface area contributed by atoms with Crippen molar-refractivity contribution in [3.05, 3.63) is 29.8 Å². The molecule has 0 saturated carbocycles. The number of hydrogen-bond donors (Lipinski definition) is 1. The highest BCUT2D eigenvalue weighted by molar-refractivity contribution is 7.88. The average molecular weight is 478 g/mol. The maximum absolute atomic E-state index is 12.5. The average Bonchev–Trinajstić information content (AvgIpc) is 2.74. The SMILES string of the molecule is CC(C)NC(=O)N1CC2CC(CN(CC(COc3ccc(C#N)cc3)N(C)S(C)(=O)=O)C2)C1. The molecule has 2 aliphatic rings. The summed E-state index contributed by atoms with van der Waals surface area (Å²) in [5, 5.41) is 11.9. The summed E-state index contributed by atoms with van der Waals surface area (Å²) in [4.78, 5) is 16.7. The highest BCUT2D eigenvalue weighted by Crippen LogP contribution is 2.29. The van der Waals surface area contributed by atoms with E-state index < -0.39 is 10.0 Å². The highest BCUT2D eigenvalue weighted by atomic mass is 32.2. The standard InChI is InChI=1S/C23H35N5O4S/c1-17(2)25-23(29)28-13-19-9-20(14-28)12-27(11-19)15-21(26(3)33(4,30)31)16-32-22-7-5-18(10-24)6-8-22/h5-8,17,19-21H,9,11-16H2,1-4H3,(H,25,29). The fourth-order valence-electron chi connectivity index (χ4n) is 4.70. The molecule has 0 aromatic heterocycles. The van der Waals surface area contributed by atoms with E-state index in [1.165, 1.54) is 10.6 Å². The third-order valence-electron chi connectivity index (χ3n) is 6.29. The smallest absolute Gasteiger partial charge is 0.317 e. The van der Waals surface area contributed by atoms with Crippen LogP contribution >= 0.6 is 0 Å². The van der Waals surface area contributed by atoms with E-state index in [4.69, 9.17) is 10.00 Å². The number of ether oxygens (including phenoxy) is 1. The minimum absolute atomic E-state index is 0.00125. The Morgan fingerprint density at radius 3 is 2.33 bits per heavy atom. The van der Waals surface area contributed by atoms with Crippen molar-refractivity contribution in [2.24, 2.45) is 11.8 Å². The van der Waals surface area contributed by atoms with Crippen LogP contribution in [0.5, 0.6) is 5.75 Å². The van der Waals surface area contributed by atoms with Crippen LogP contribution in [0.2, 0.25) is 0 Å². The monoisotopic (exact) mass is 477 g/mol. The molecule has 182 valence electrons. The van der Waals surface area contributed by atoms with Crippen LogP contribution in [0.4, 0.5) is 4.79 Å². The Labute approximate surface area is 197 Å². The minimum Gasteiger partial charge on any atom is -0.492 e. The molecule has 1 N–H and O–H groups in total. The number of carbonyl (C=O) groups is 1. The number of nitriles is 1. The summed E-state index contributed by atoms with van der Waals surface area (Å²) in [5.74, 6) is 1.35. The van der Waals surface area contributed by atoms with Crippen molar-refractivity contribution in [1.82, 2.24) is 19.4 Å². The number of benzene rings is 1. The van der Waals surface area contributed by atoms with Gasteiger partial charge >= 0.3 is 6.03 Å². The van der Waals surface area contributed by atoms with Crippen LogP contribution in [0.25, 0.3) is 0 Å². The fourth-order valence-corrected chi connectivity index (χ4v) is 5.37. The first-order chi connectivity index (χ1) is 15.5. The van der Waals surface area contributed by atoms with Gasteiger partial charge in [-0.1, -0.05) is 0 Å². The molecular formula is C23H35N5O4S. The number of nitrogens with zero attached hydrogens (tertiary/aromatic N) is 4. The Morgan fingerprint density at radius 1 is 1.21 bits per heavy atom. The molecule has 2 aliphatic heterocycles. The number of urea groups is 1. The van der Waals surface area contributed by atoms with E-state index in [1.807, 2.05) is 18.7 Å². The molecule has 9 nitrogen and oxygen atoms in total. The van der Waals surface area contributed by atoms with Crippen molar-refractivity contribution in [1.29, 1.82) is 5.26 Å². The van der Waals surface area contributed by atoms with Gasteiger partial charge in [0, 0.05) is 45.8 Å². The number of amides is 2. The van der Waals surface area contributed by atoms with E-state index in [0.29, 0.717) is 29.7 Å². The third kappa shape index (κ3) is 7.06. The molecule has 3 unspecified atom stereocenters. The van der Waals surface area contributed by atoms with Gasteiger partial charge in [-0.25, -0.2) is 13.2 Å². The molecule has 2 saturated heterocycles. The number of likely N-dealkylation sites (N-methyl/N-ethyl adjacent to an activating group) is 1. The Balaban J connectivity index is 1.63. The molecule has 10 heteroatoms. The van der Waals surface area contributed by atoms with Crippen LogP contribution < -0.4 is 10.1 Å². The number of sulfonamides is 1. The Morgan fingerprint density at radius 2 is 1.82 bits per heavy atom. The predicted octanol–water partition coefficient (Wildman–Crippen LogP) is 1.57. The van der Waals surface area contributed by atoms with Crippen molar-refractivity contribution in [2.75, 3.05) is 52.6 Å². The van der Waals surface area contributed by atoms with E-state index in [0.717, 1.165) is 32.6 Å². The highest BCUT2D eigenvalue weighted by Gasteiger charge is 2.37. The maximum atomic E-state index is 12.5. The molecule has 2 fully saturated rings. The zero-order valence-electron chi connectivity index (χ0n) is 19.9. The number of nitrogens with one attached hydrogen (secondary N) is 1. The maximum Gasteiger partial charge on any atom is 0.317 e. The van der Waals surface area contributed by atoms with Gasteiger partial charge in [-0.2, -0.15) is 9.57 Å². The van der Waals surface area contributed by atoms with Gasteiger partial charge in [0.05, 0.1) is 23.9 Å². The second kappa shape index (κ2) is 10.7. The summed E-state index contributed by atoms with van der Waals surface area (Å²) in [6.45, 7) is 7.79. The molecule has 2 bridgehead atoms. The quantitative estimate of drug-likeness (QED) is 0.609. The third-order valence-corrected chi connectivity index (χ3v) is 7.63. The zero-order valence-corrected chi connectivity index (χ0v) is 20.7. The van der Waals surface area contributed by atoms with Gasteiger partial charge in [0.25, 0.3) is 0 Å². The van der Waals surface area contributed by atoms with Crippen LogP contribution in [0.15, 0.2) is 24.3 Å². The van der Waals surface area contributed by atoms with Crippen molar-refractivity contribution < 1.29 is 17.9 Å². The Kier molecular flexibility index (Phi) is 8.21. The lowest BCUT2D eigenvalue weighted by Crippen LogP contribution is -2.58. The van der Waals surface area contributed by atoms with E-state index >= 15 is 0 Å². The van der Waals surface area contributed by atoms with Gasteiger partial charge in [0.15, 0.2) is 0 Å². The Bertz CT molecular complexity index is 946. The second-order valence-electron chi connectivity index (χ2n) is 9.58. The van der Waals surface area contributed by atoms with Crippen molar-refractivity contribution in [2.45, 2.75) is 32.4 Å². The number of piperidine rings is 2. The molecule has 1 aromatic carbocycles. The number of carbonyl (C=O) groups excluding carboxylic acids is 1. The van der Waals surface area contributed by atoms with Gasteiger partial charge in [0.1, 0.15) is 12.4 Å². The van der Waals surface area contributed by atoms with Crippen LogP contribution in [-0.2, 0) is 10.0 Å². The van der Waals surface area contributed by atoms with Crippen LogP contribution in [0.1, 0.15) is 25.8 Å². The topological polar surface area (TPSA) is 106 Å². The van der Waals surface area contributed by atoms with Crippen LogP contribution in [0.3, 0.4) is 0 Å². The number of fused-ring (bicyclic) bond motifs is 2. The molecule has 2 amide bonds.